The minimum atomic E-state index is -0.731. The summed E-state index contributed by atoms with van der Waals surface area (Å²) in [6.45, 7) is 4.43. The second-order valence-corrected chi connectivity index (χ2v) is 8.66. The first-order chi connectivity index (χ1) is 15.5. The first-order valence-corrected chi connectivity index (χ1v) is 10.8. The number of likely N-dealkylation sites (tertiary alicyclic amines) is 1. The third kappa shape index (κ3) is 3.49. The molecule has 2 saturated heterocycles. The van der Waals surface area contributed by atoms with Crippen LogP contribution in [0.15, 0.2) is 30.7 Å². The van der Waals surface area contributed by atoms with Gasteiger partial charge in [0.25, 0.3) is 0 Å². The summed E-state index contributed by atoms with van der Waals surface area (Å²) in [6.07, 6.45) is 4.62. The van der Waals surface area contributed by atoms with Gasteiger partial charge < -0.3 is 10.0 Å². The summed E-state index contributed by atoms with van der Waals surface area (Å²) in [6, 6.07) is 7.50. The quantitative estimate of drug-likeness (QED) is 0.653. The molecule has 2 aliphatic heterocycles. The van der Waals surface area contributed by atoms with Gasteiger partial charge in [0.05, 0.1) is 16.7 Å². The largest absolute Gasteiger partial charge is 0.385 e. The average molecular weight is 432 g/mol. The molecule has 0 radical (unpaired) electrons. The van der Waals surface area contributed by atoms with Crippen LogP contribution in [0, 0.1) is 23.7 Å². The van der Waals surface area contributed by atoms with Crippen molar-refractivity contribution in [1.82, 2.24) is 29.7 Å². The number of piperidine rings is 1. The summed E-state index contributed by atoms with van der Waals surface area (Å²) in [5.74, 6) is 0.751. The smallest absolute Gasteiger partial charge is 0.234 e. The van der Waals surface area contributed by atoms with Gasteiger partial charge in [-0.2, -0.15) is 9.78 Å². The highest BCUT2D eigenvalue weighted by atomic mass is 16.3. The monoisotopic (exact) mass is 432 g/mol. The number of hydrogen-bond acceptors (Lipinski definition) is 8. The van der Waals surface area contributed by atoms with E-state index in [9.17, 15) is 9.90 Å². The highest BCUT2D eigenvalue weighted by molar-refractivity contribution is 5.99. The number of fused-ring (bicyclic) bond motifs is 1. The van der Waals surface area contributed by atoms with Gasteiger partial charge in [-0.3, -0.25) is 14.7 Å². The molecule has 5 heterocycles. The number of amides is 1. The number of carbonyl (C=O) groups is 1. The molecule has 2 aliphatic rings. The molecule has 1 atom stereocenters. The van der Waals surface area contributed by atoms with Crippen molar-refractivity contribution in [3.63, 3.8) is 0 Å². The lowest BCUT2D eigenvalue weighted by Crippen LogP contribution is -2.45. The van der Waals surface area contributed by atoms with E-state index in [0.29, 0.717) is 35.8 Å². The van der Waals surface area contributed by atoms with Crippen LogP contribution in [-0.4, -0.2) is 66.9 Å². The van der Waals surface area contributed by atoms with Crippen LogP contribution >= 0.6 is 0 Å². The maximum atomic E-state index is 13.3. The molecule has 0 aromatic carbocycles. The van der Waals surface area contributed by atoms with E-state index in [4.69, 9.17) is 5.26 Å². The second-order valence-electron chi connectivity index (χ2n) is 8.66. The van der Waals surface area contributed by atoms with Crippen LogP contribution in [-0.2, 0) is 4.79 Å². The molecule has 10 heteroatoms. The standard InChI is InChI=1S/C22H24N8O2/c1-15-10-17(24-12-16(15)11-23)18(31)13-28-7-4-22(5-8-28)6-9-29(21(22)32)20-3-2-19-26-25-14-30(19)27-20/h2-3,10,12,14,18,31H,4-9,13H2,1H3/t18-/m0/s1. The number of rotatable bonds is 4. The lowest BCUT2D eigenvalue weighted by atomic mass is 9.77. The fourth-order valence-corrected chi connectivity index (χ4v) is 4.74. The number of aromatic nitrogens is 5. The third-order valence-electron chi connectivity index (χ3n) is 6.78. The zero-order valence-corrected chi connectivity index (χ0v) is 17.8. The van der Waals surface area contributed by atoms with E-state index in [1.165, 1.54) is 12.5 Å². The van der Waals surface area contributed by atoms with Gasteiger partial charge in [0.1, 0.15) is 18.5 Å². The third-order valence-corrected chi connectivity index (χ3v) is 6.78. The van der Waals surface area contributed by atoms with Crippen molar-refractivity contribution in [1.29, 1.82) is 5.26 Å². The van der Waals surface area contributed by atoms with Crippen molar-refractivity contribution >= 4 is 17.4 Å². The summed E-state index contributed by atoms with van der Waals surface area (Å²) in [4.78, 5) is 21.5. The predicted molar refractivity (Wildman–Crippen MR) is 115 cm³/mol. The van der Waals surface area contributed by atoms with E-state index in [1.807, 2.05) is 19.1 Å². The first-order valence-electron chi connectivity index (χ1n) is 10.8. The Morgan fingerprint density at radius 1 is 1.25 bits per heavy atom. The molecule has 0 bridgehead atoms. The summed E-state index contributed by atoms with van der Waals surface area (Å²) in [5.41, 5.74) is 2.18. The predicted octanol–water partition coefficient (Wildman–Crippen LogP) is 1.25. The van der Waals surface area contributed by atoms with Gasteiger partial charge in [0.2, 0.25) is 5.91 Å². The Morgan fingerprint density at radius 2 is 2.03 bits per heavy atom. The Labute approximate surface area is 185 Å². The van der Waals surface area contributed by atoms with Crippen LogP contribution in [0.25, 0.3) is 5.65 Å². The Balaban J connectivity index is 1.22. The molecule has 1 amide bonds. The number of hydrogen-bond donors (Lipinski definition) is 1. The molecule has 3 aromatic rings. The van der Waals surface area contributed by atoms with Crippen LogP contribution in [0.2, 0.25) is 0 Å². The zero-order valence-electron chi connectivity index (χ0n) is 17.8. The Morgan fingerprint density at radius 3 is 2.78 bits per heavy atom. The summed E-state index contributed by atoms with van der Waals surface area (Å²) >= 11 is 0. The normalized spacial score (nSPS) is 19.5. The number of aliphatic hydroxyl groups excluding tert-OH is 1. The maximum Gasteiger partial charge on any atom is 0.234 e. The van der Waals surface area contributed by atoms with Crippen molar-refractivity contribution in [3.8, 4) is 6.07 Å². The maximum absolute atomic E-state index is 13.3. The number of β-amino-alcohol motifs (C(OH)–C–C–N with tert-alkyl or cyclic N) is 1. The topological polar surface area (TPSA) is 124 Å². The van der Waals surface area contributed by atoms with Crippen LogP contribution < -0.4 is 4.90 Å². The van der Waals surface area contributed by atoms with Crippen molar-refractivity contribution in [2.75, 3.05) is 31.1 Å². The van der Waals surface area contributed by atoms with E-state index < -0.39 is 6.10 Å². The number of aliphatic hydroxyl groups is 1. The van der Waals surface area contributed by atoms with Crippen molar-refractivity contribution < 1.29 is 9.90 Å². The highest BCUT2D eigenvalue weighted by Gasteiger charge is 2.49. The number of anilines is 1. The average Bonchev–Trinajstić information content (AvgIpc) is 3.40. The molecular weight excluding hydrogens is 408 g/mol. The molecule has 0 saturated carbocycles. The Bertz CT molecular complexity index is 1210. The van der Waals surface area contributed by atoms with E-state index in [1.54, 1.807) is 15.5 Å². The van der Waals surface area contributed by atoms with E-state index in [2.05, 4.69) is 31.2 Å². The molecule has 0 aliphatic carbocycles. The number of carbonyl (C=O) groups excluding carboxylic acids is 1. The second kappa shape index (κ2) is 7.93. The van der Waals surface area contributed by atoms with E-state index in [-0.39, 0.29) is 11.3 Å². The van der Waals surface area contributed by atoms with Gasteiger partial charge in [-0.05, 0) is 63.0 Å². The van der Waals surface area contributed by atoms with Crippen molar-refractivity contribution in [2.24, 2.45) is 5.41 Å². The number of nitriles is 1. The van der Waals surface area contributed by atoms with Crippen molar-refractivity contribution in [2.45, 2.75) is 32.3 Å². The Kier molecular flexibility index (Phi) is 5.07. The zero-order chi connectivity index (χ0) is 22.3. The SMILES string of the molecule is Cc1cc([C@@H](O)CN2CCC3(CC2)CCN(c2ccc4nncn4n2)C3=O)ncc1C#N. The minimum absolute atomic E-state index is 0.127. The summed E-state index contributed by atoms with van der Waals surface area (Å²) in [5, 5.41) is 32.0. The molecular formula is C22H24N8O2. The van der Waals surface area contributed by atoms with E-state index >= 15 is 0 Å². The van der Waals surface area contributed by atoms with Crippen LogP contribution in [0.4, 0.5) is 5.82 Å². The van der Waals surface area contributed by atoms with Crippen molar-refractivity contribution in [3.05, 3.63) is 47.5 Å². The molecule has 0 unspecified atom stereocenters. The fraction of sp³-hybridized carbons (Fsp3) is 0.455. The molecule has 2 fully saturated rings. The van der Waals surface area contributed by atoms with Crippen LogP contribution in [0.1, 0.15) is 42.2 Å². The van der Waals surface area contributed by atoms with Gasteiger partial charge in [0.15, 0.2) is 11.5 Å². The van der Waals surface area contributed by atoms with Crippen LogP contribution in [0.5, 0.6) is 0 Å². The lowest BCUT2D eigenvalue weighted by molar-refractivity contribution is -0.128. The minimum Gasteiger partial charge on any atom is -0.385 e. The molecule has 10 nitrogen and oxygen atoms in total. The molecule has 32 heavy (non-hydrogen) atoms. The van der Waals surface area contributed by atoms with Gasteiger partial charge in [0, 0.05) is 19.3 Å². The molecule has 1 spiro atoms. The fourth-order valence-electron chi connectivity index (χ4n) is 4.74. The summed E-state index contributed by atoms with van der Waals surface area (Å²) < 4.78 is 1.58. The van der Waals surface area contributed by atoms with E-state index in [0.717, 1.165) is 37.9 Å². The molecule has 164 valence electrons. The Hall–Kier alpha value is -3.42. The van der Waals surface area contributed by atoms with Gasteiger partial charge in [-0.1, -0.05) is 0 Å². The van der Waals surface area contributed by atoms with Gasteiger partial charge in [-0.15, -0.1) is 15.3 Å². The van der Waals surface area contributed by atoms with Gasteiger partial charge >= 0.3 is 0 Å². The van der Waals surface area contributed by atoms with Crippen LogP contribution in [0.3, 0.4) is 0 Å². The molecule has 5 rings (SSSR count). The molecule has 3 aromatic heterocycles. The van der Waals surface area contributed by atoms with Gasteiger partial charge in [-0.25, -0.2) is 0 Å². The number of pyridine rings is 1. The highest BCUT2D eigenvalue weighted by Crippen LogP contribution is 2.43. The first kappa shape index (κ1) is 20.5. The molecule has 1 N–H and O–H groups in total. The summed E-state index contributed by atoms with van der Waals surface area (Å²) in [7, 11) is 0. The number of aryl methyl sites for hydroxylation is 1. The lowest BCUT2D eigenvalue weighted by Gasteiger charge is -2.38. The number of nitrogens with zero attached hydrogens (tertiary/aromatic N) is 8.